The normalized spacial score (nSPS) is 11.9. The molecular formula is C21H24N4O2S. The summed E-state index contributed by atoms with van der Waals surface area (Å²) in [6.07, 6.45) is 0.861. The first-order valence-corrected chi connectivity index (χ1v) is 10.3. The van der Waals surface area contributed by atoms with Crippen molar-refractivity contribution in [3.8, 4) is 0 Å². The maximum atomic E-state index is 12.3. The third kappa shape index (κ3) is 5.13. The Balaban J connectivity index is 1.53. The van der Waals surface area contributed by atoms with Crippen LogP contribution in [-0.2, 0) is 10.5 Å². The summed E-state index contributed by atoms with van der Waals surface area (Å²) in [5.41, 5.74) is 3.60. The number of benzene rings is 2. The van der Waals surface area contributed by atoms with Crippen LogP contribution in [0.1, 0.15) is 36.2 Å². The van der Waals surface area contributed by atoms with Crippen LogP contribution in [0.2, 0.25) is 0 Å². The number of rotatable bonds is 8. The van der Waals surface area contributed by atoms with Crippen LogP contribution in [0.25, 0.3) is 11.0 Å². The molecule has 1 atom stereocenters. The van der Waals surface area contributed by atoms with Crippen molar-refractivity contribution in [3.05, 3.63) is 59.7 Å². The third-order valence-corrected chi connectivity index (χ3v) is 5.19. The number of aromatic nitrogens is 2. The van der Waals surface area contributed by atoms with Gasteiger partial charge in [-0.3, -0.25) is 9.59 Å². The van der Waals surface area contributed by atoms with E-state index in [-0.39, 0.29) is 11.8 Å². The van der Waals surface area contributed by atoms with Gasteiger partial charge in [-0.1, -0.05) is 43.0 Å². The second-order valence-electron chi connectivity index (χ2n) is 6.53. The molecule has 0 bridgehead atoms. The molecule has 6 nitrogen and oxygen atoms in total. The largest absolute Gasteiger partial charge is 0.354 e. The molecular weight excluding hydrogens is 372 g/mol. The minimum Gasteiger partial charge on any atom is -0.354 e. The van der Waals surface area contributed by atoms with Crippen molar-refractivity contribution in [1.82, 2.24) is 20.6 Å². The van der Waals surface area contributed by atoms with E-state index in [9.17, 15) is 9.59 Å². The number of nitrogens with one attached hydrogen (secondary N) is 3. The van der Waals surface area contributed by atoms with E-state index in [2.05, 4.69) is 20.6 Å². The highest BCUT2D eigenvalue weighted by Gasteiger charge is 2.16. The van der Waals surface area contributed by atoms with Gasteiger partial charge in [0.15, 0.2) is 5.16 Å². The van der Waals surface area contributed by atoms with Crippen molar-refractivity contribution in [1.29, 1.82) is 0 Å². The number of H-pyrrole nitrogens is 1. The van der Waals surface area contributed by atoms with E-state index >= 15 is 0 Å². The molecule has 2 amide bonds. The number of hydrogen-bond acceptors (Lipinski definition) is 4. The van der Waals surface area contributed by atoms with Crippen LogP contribution in [-0.4, -0.2) is 34.4 Å². The Bertz CT molecular complexity index is 919. The summed E-state index contributed by atoms with van der Waals surface area (Å²) in [6, 6.07) is 14.8. The molecule has 146 valence electrons. The first-order valence-electron chi connectivity index (χ1n) is 9.32. The third-order valence-electron chi connectivity index (χ3n) is 4.25. The number of fused-ring (bicyclic) bond motifs is 1. The Morgan fingerprint density at radius 1 is 1.14 bits per heavy atom. The van der Waals surface area contributed by atoms with Crippen molar-refractivity contribution in [2.45, 2.75) is 37.2 Å². The number of imidazole rings is 1. The van der Waals surface area contributed by atoms with Crippen LogP contribution >= 0.6 is 11.8 Å². The molecule has 0 unspecified atom stereocenters. The van der Waals surface area contributed by atoms with E-state index < -0.39 is 6.04 Å². The zero-order chi connectivity index (χ0) is 19.9. The zero-order valence-corrected chi connectivity index (χ0v) is 16.8. The van der Waals surface area contributed by atoms with Gasteiger partial charge in [-0.15, -0.1) is 0 Å². The molecule has 0 aliphatic carbocycles. The summed E-state index contributed by atoms with van der Waals surface area (Å²) >= 11 is 1.62. The van der Waals surface area contributed by atoms with Crippen LogP contribution in [0.4, 0.5) is 0 Å². The van der Waals surface area contributed by atoms with Gasteiger partial charge in [0.2, 0.25) is 5.91 Å². The summed E-state index contributed by atoms with van der Waals surface area (Å²) in [4.78, 5) is 32.0. The number of aromatic amines is 1. The van der Waals surface area contributed by atoms with Gasteiger partial charge in [-0.2, -0.15) is 0 Å². The highest BCUT2D eigenvalue weighted by Crippen LogP contribution is 2.23. The monoisotopic (exact) mass is 396 g/mol. The Labute approximate surface area is 168 Å². The van der Waals surface area contributed by atoms with E-state index in [0.717, 1.165) is 33.9 Å². The van der Waals surface area contributed by atoms with Crippen LogP contribution < -0.4 is 10.6 Å². The Morgan fingerprint density at radius 3 is 2.61 bits per heavy atom. The first kappa shape index (κ1) is 19.9. The topological polar surface area (TPSA) is 86.9 Å². The van der Waals surface area contributed by atoms with E-state index in [1.54, 1.807) is 30.8 Å². The molecule has 2 aromatic carbocycles. The number of carbonyl (C=O) groups is 2. The molecule has 0 saturated carbocycles. The SMILES string of the molecule is CCCNC(=O)[C@@H](C)NC(=O)c1ccc(CSc2nc3ccccc3[nH]2)cc1. The summed E-state index contributed by atoms with van der Waals surface area (Å²) in [7, 11) is 0. The lowest BCUT2D eigenvalue weighted by atomic mass is 10.1. The molecule has 3 aromatic rings. The molecule has 1 heterocycles. The van der Waals surface area contributed by atoms with Gasteiger partial charge in [-0.25, -0.2) is 4.98 Å². The number of para-hydroxylation sites is 2. The number of nitrogens with zero attached hydrogens (tertiary/aromatic N) is 1. The van der Waals surface area contributed by atoms with Gasteiger partial charge >= 0.3 is 0 Å². The average molecular weight is 397 g/mol. The molecule has 7 heteroatoms. The lowest BCUT2D eigenvalue weighted by molar-refractivity contribution is -0.122. The standard InChI is InChI=1S/C21H24N4O2S/c1-3-12-22-19(26)14(2)23-20(27)16-10-8-15(9-11-16)13-28-21-24-17-6-4-5-7-18(17)25-21/h4-11,14H,3,12-13H2,1-2H3,(H,22,26)(H,23,27)(H,24,25)/t14-/m1/s1. The molecule has 0 aliphatic rings. The van der Waals surface area contributed by atoms with E-state index in [0.29, 0.717) is 12.1 Å². The fourth-order valence-corrected chi connectivity index (χ4v) is 3.49. The highest BCUT2D eigenvalue weighted by molar-refractivity contribution is 7.98. The summed E-state index contributed by atoms with van der Waals surface area (Å²) in [5.74, 6) is 0.321. The zero-order valence-electron chi connectivity index (χ0n) is 16.0. The van der Waals surface area contributed by atoms with Gasteiger partial charge in [0.25, 0.3) is 5.91 Å². The summed E-state index contributed by atoms with van der Waals surface area (Å²) < 4.78 is 0. The van der Waals surface area contributed by atoms with Crippen molar-refractivity contribution in [2.75, 3.05) is 6.54 Å². The quantitative estimate of drug-likeness (QED) is 0.509. The predicted octanol–water partition coefficient (Wildman–Crippen LogP) is 3.50. The number of amides is 2. The summed E-state index contributed by atoms with van der Waals surface area (Å²) in [6.45, 7) is 4.27. The van der Waals surface area contributed by atoms with Crippen LogP contribution in [0.15, 0.2) is 53.7 Å². The summed E-state index contributed by atoms with van der Waals surface area (Å²) in [5, 5.41) is 6.37. The number of carbonyl (C=O) groups excluding carboxylic acids is 2. The number of hydrogen-bond donors (Lipinski definition) is 3. The second-order valence-corrected chi connectivity index (χ2v) is 7.49. The fraction of sp³-hybridized carbons (Fsp3) is 0.286. The highest BCUT2D eigenvalue weighted by atomic mass is 32.2. The van der Waals surface area contributed by atoms with E-state index in [1.807, 2.05) is 43.3 Å². The van der Waals surface area contributed by atoms with E-state index in [1.165, 1.54) is 0 Å². The van der Waals surface area contributed by atoms with Gasteiger partial charge in [0.05, 0.1) is 11.0 Å². The Kier molecular flexibility index (Phi) is 6.71. The predicted molar refractivity (Wildman–Crippen MR) is 112 cm³/mol. The van der Waals surface area contributed by atoms with Gasteiger partial charge in [0.1, 0.15) is 6.04 Å². The molecule has 0 aliphatic heterocycles. The molecule has 0 fully saturated rings. The van der Waals surface area contributed by atoms with Crippen LogP contribution in [0.3, 0.4) is 0 Å². The molecule has 3 rings (SSSR count). The maximum Gasteiger partial charge on any atom is 0.251 e. The molecule has 28 heavy (non-hydrogen) atoms. The lowest BCUT2D eigenvalue weighted by Crippen LogP contribution is -2.44. The Hall–Kier alpha value is -2.80. The lowest BCUT2D eigenvalue weighted by Gasteiger charge is -2.14. The minimum atomic E-state index is -0.567. The molecule has 1 aromatic heterocycles. The van der Waals surface area contributed by atoms with Crippen molar-refractivity contribution in [2.24, 2.45) is 0 Å². The van der Waals surface area contributed by atoms with Crippen molar-refractivity contribution >= 4 is 34.6 Å². The molecule has 3 N–H and O–H groups in total. The van der Waals surface area contributed by atoms with Gasteiger partial charge < -0.3 is 15.6 Å². The van der Waals surface area contributed by atoms with Crippen LogP contribution in [0, 0.1) is 0 Å². The van der Waals surface area contributed by atoms with E-state index in [4.69, 9.17) is 0 Å². The minimum absolute atomic E-state index is 0.172. The fourth-order valence-electron chi connectivity index (χ4n) is 2.65. The van der Waals surface area contributed by atoms with Crippen molar-refractivity contribution < 1.29 is 9.59 Å². The van der Waals surface area contributed by atoms with Crippen LogP contribution in [0.5, 0.6) is 0 Å². The first-order chi connectivity index (χ1) is 13.6. The smallest absolute Gasteiger partial charge is 0.251 e. The maximum absolute atomic E-state index is 12.3. The Morgan fingerprint density at radius 2 is 1.89 bits per heavy atom. The molecule has 0 radical (unpaired) electrons. The number of thioether (sulfide) groups is 1. The van der Waals surface area contributed by atoms with Crippen molar-refractivity contribution in [3.63, 3.8) is 0 Å². The van der Waals surface area contributed by atoms with Gasteiger partial charge in [-0.05, 0) is 43.2 Å². The van der Waals surface area contributed by atoms with Gasteiger partial charge in [0, 0.05) is 17.9 Å². The molecule has 0 saturated heterocycles. The second kappa shape index (κ2) is 9.41. The average Bonchev–Trinajstić information content (AvgIpc) is 3.13. The molecule has 0 spiro atoms.